The van der Waals surface area contributed by atoms with Gasteiger partial charge in [0, 0.05) is 10.8 Å². The average Bonchev–Trinajstić information content (AvgIpc) is 3.40. The second kappa shape index (κ2) is 6.87. The summed E-state index contributed by atoms with van der Waals surface area (Å²) in [6.45, 7) is 14.8. The molecule has 6 aliphatic rings. The summed E-state index contributed by atoms with van der Waals surface area (Å²) in [5.74, 6) is 1.90. The van der Waals surface area contributed by atoms with Gasteiger partial charge in [-0.05, 0) is 105 Å². The second-order valence-corrected chi connectivity index (χ2v) is 15.2. The Labute approximate surface area is 211 Å². The highest BCUT2D eigenvalue weighted by molar-refractivity contribution is 5.42. The quantitative estimate of drug-likeness (QED) is 0.457. The standard InChI is InChI=1S/C30H48O5/c1-16-14-17(23(32)26(4,5)34)35-22-21(16)27(6)12-13-30-15-29(30)11-10-20(31)25(2,3)18(29)8-9-19(30)28(27,7)24(22)33/h16-20,23-24,31-34H,8-15H2,1-7H3/t16-,17-,18+,19+,20+,23+,24+,27-,28-,29-,30+/m1/s1. The fourth-order valence-corrected chi connectivity index (χ4v) is 11.3. The Kier molecular flexibility index (Phi) is 4.85. The molecule has 0 aromatic heterocycles. The van der Waals surface area contributed by atoms with Gasteiger partial charge in [0.2, 0.25) is 0 Å². The summed E-state index contributed by atoms with van der Waals surface area (Å²) in [4.78, 5) is 0. The molecule has 1 heterocycles. The van der Waals surface area contributed by atoms with Crippen LogP contribution < -0.4 is 0 Å². The molecular formula is C30H48O5. The fraction of sp³-hybridized carbons (Fsp3) is 0.933. The summed E-state index contributed by atoms with van der Waals surface area (Å²) in [5.41, 5.74) is 0.143. The number of fused-ring (bicyclic) bond motifs is 3. The second-order valence-electron chi connectivity index (χ2n) is 15.2. The summed E-state index contributed by atoms with van der Waals surface area (Å²) >= 11 is 0. The molecule has 11 atom stereocenters. The third kappa shape index (κ3) is 2.65. The molecule has 5 aliphatic carbocycles. The van der Waals surface area contributed by atoms with E-state index in [2.05, 4.69) is 34.6 Å². The van der Waals surface area contributed by atoms with Crippen molar-refractivity contribution in [1.29, 1.82) is 0 Å². The summed E-state index contributed by atoms with van der Waals surface area (Å²) in [5, 5.41) is 44.3. The van der Waals surface area contributed by atoms with Crippen LogP contribution in [-0.2, 0) is 4.74 Å². The van der Waals surface area contributed by atoms with Crippen LogP contribution in [-0.4, -0.2) is 50.4 Å². The molecule has 198 valence electrons. The van der Waals surface area contributed by atoms with Gasteiger partial charge in [-0.25, -0.2) is 0 Å². The molecule has 0 aromatic carbocycles. The minimum Gasteiger partial charge on any atom is -0.489 e. The van der Waals surface area contributed by atoms with Crippen molar-refractivity contribution in [3.8, 4) is 0 Å². The molecule has 1 aliphatic heterocycles. The lowest BCUT2D eigenvalue weighted by atomic mass is 9.41. The monoisotopic (exact) mass is 488 g/mol. The Morgan fingerprint density at radius 1 is 0.943 bits per heavy atom. The van der Waals surface area contributed by atoms with Crippen molar-refractivity contribution in [1.82, 2.24) is 0 Å². The molecule has 5 nitrogen and oxygen atoms in total. The Morgan fingerprint density at radius 3 is 2.23 bits per heavy atom. The van der Waals surface area contributed by atoms with Crippen LogP contribution in [0.25, 0.3) is 0 Å². The van der Waals surface area contributed by atoms with Crippen molar-refractivity contribution >= 4 is 0 Å². The van der Waals surface area contributed by atoms with Crippen LogP contribution in [0.4, 0.5) is 0 Å². The van der Waals surface area contributed by atoms with Crippen molar-refractivity contribution in [3.63, 3.8) is 0 Å². The van der Waals surface area contributed by atoms with Crippen molar-refractivity contribution < 1.29 is 25.2 Å². The molecule has 0 aromatic rings. The first-order chi connectivity index (χ1) is 16.1. The van der Waals surface area contributed by atoms with Crippen molar-refractivity contribution in [3.05, 3.63) is 11.3 Å². The normalized spacial score (nSPS) is 55.1. The molecule has 0 unspecified atom stereocenters. The zero-order valence-corrected chi connectivity index (χ0v) is 22.9. The molecular weight excluding hydrogens is 440 g/mol. The number of aliphatic hydroxyl groups excluding tert-OH is 3. The minimum atomic E-state index is -1.26. The lowest BCUT2D eigenvalue weighted by molar-refractivity contribution is -0.176. The summed E-state index contributed by atoms with van der Waals surface area (Å²) in [6.07, 6.45) is 6.06. The largest absolute Gasteiger partial charge is 0.489 e. The summed E-state index contributed by atoms with van der Waals surface area (Å²) in [6, 6.07) is 0. The van der Waals surface area contributed by atoms with E-state index in [1.165, 1.54) is 18.4 Å². The van der Waals surface area contributed by atoms with Crippen LogP contribution in [0.3, 0.4) is 0 Å². The Hall–Kier alpha value is -0.620. The van der Waals surface area contributed by atoms with E-state index in [1.807, 2.05) is 0 Å². The molecule has 4 fully saturated rings. The van der Waals surface area contributed by atoms with Crippen molar-refractivity contribution in [2.75, 3.05) is 0 Å². The highest BCUT2D eigenvalue weighted by atomic mass is 16.5. The molecule has 0 radical (unpaired) electrons. The predicted octanol–water partition coefficient (Wildman–Crippen LogP) is 4.56. The molecule has 5 heteroatoms. The van der Waals surface area contributed by atoms with Crippen LogP contribution in [0.1, 0.15) is 99.8 Å². The maximum atomic E-state index is 12.1. The van der Waals surface area contributed by atoms with Gasteiger partial charge in [-0.1, -0.05) is 34.6 Å². The smallest absolute Gasteiger partial charge is 0.128 e. The molecule has 4 saturated carbocycles. The van der Waals surface area contributed by atoms with Crippen LogP contribution >= 0.6 is 0 Å². The van der Waals surface area contributed by atoms with E-state index in [0.29, 0.717) is 29.4 Å². The third-order valence-corrected chi connectivity index (χ3v) is 13.3. The van der Waals surface area contributed by atoms with E-state index >= 15 is 0 Å². The summed E-state index contributed by atoms with van der Waals surface area (Å²) in [7, 11) is 0. The topological polar surface area (TPSA) is 90.2 Å². The van der Waals surface area contributed by atoms with Crippen LogP contribution in [0, 0.1) is 44.8 Å². The Balaban J connectivity index is 1.38. The predicted molar refractivity (Wildman–Crippen MR) is 134 cm³/mol. The zero-order valence-electron chi connectivity index (χ0n) is 22.9. The van der Waals surface area contributed by atoms with E-state index in [0.717, 1.165) is 32.1 Å². The van der Waals surface area contributed by atoms with Gasteiger partial charge in [0.1, 0.15) is 24.1 Å². The van der Waals surface area contributed by atoms with Crippen LogP contribution in [0.2, 0.25) is 0 Å². The first-order valence-electron chi connectivity index (χ1n) is 14.3. The van der Waals surface area contributed by atoms with Crippen LogP contribution in [0.15, 0.2) is 11.3 Å². The van der Waals surface area contributed by atoms with Crippen molar-refractivity contribution in [2.45, 2.75) is 130 Å². The molecule has 6 rings (SSSR count). The van der Waals surface area contributed by atoms with E-state index in [1.54, 1.807) is 13.8 Å². The number of ether oxygens (including phenoxy) is 1. The number of hydrogen-bond acceptors (Lipinski definition) is 5. The van der Waals surface area contributed by atoms with Crippen molar-refractivity contribution in [2.24, 2.45) is 44.8 Å². The van der Waals surface area contributed by atoms with Gasteiger partial charge in [0.05, 0.1) is 11.7 Å². The third-order valence-electron chi connectivity index (χ3n) is 13.3. The number of hydrogen-bond donors (Lipinski definition) is 4. The van der Waals surface area contributed by atoms with Gasteiger partial charge in [0.25, 0.3) is 0 Å². The minimum absolute atomic E-state index is 0.0434. The maximum absolute atomic E-state index is 12.1. The average molecular weight is 489 g/mol. The number of aliphatic hydroxyl groups is 4. The molecule has 4 N–H and O–H groups in total. The fourth-order valence-electron chi connectivity index (χ4n) is 11.3. The highest BCUT2D eigenvalue weighted by Crippen LogP contribution is 2.89. The highest BCUT2D eigenvalue weighted by Gasteiger charge is 2.83. The van der Waals surface area contributed by atoms with E-state index in [4.69, 9.17) is 4.74 Å². The first kappa shape index (κ1) is 24.7. The van der Waals surface area contributed by atoms with Gasteiger partial charge in [-0.2, -0.15) is 0 Å². The molecule has 0 saturated heterocycles. The van der Waals surface area contributed by atoms with Gasteiger partial charge >= 0.3 is 0 Å². The molecule has 0 bridgehead atoms. The SMILES string of the molecule is C[C@@H]1C[C@H]([C@H](O)C(C)(C)O)OC2=C1[C@@]1(C)CC[C@@]34C[C@@]35CC[C@H](O)C(C)(C)[C@@H]5CC[C@H]4[C@]1(C)[C@H]2O. The number of allylic oxidation sites excluding steroid dienone is 1. The number of rotatable bonds is 2. The van der Waals surface area contributed by atoms with Gasteiger partial charge in [-0.3, -0.25) is 0 Å². The molecule has 2 spiro atoms. The van der Waals surface area contributed by atoms with E-state index < -0.39 is 23.9 Å². The van der Waals surface area contributed by atoms with Gasteiger partial charge in [-0.15, -0.1) is 0 Å². The zero-order chi connectivity index (χ0) is 25.6. The Morgan fingerprint density at radius 2 is 1.57 bits per heavy atom. The molecule has 0 amide bonds. The van der Waals surface area contributed by atoms with E-state index in [-0.39, 0.29) is 33.7 Å². The maximum Gasteiger partial charge on any atom is 0.128 e. The lowest BCUT2D eigenvalue weighted by Gasteiger charge is -2.63. The van der Waals surface area contributed by atoms with E-state index in [9.17, 15) is 20.4 Å². The van der Waals surface area contributed by atoms with Gasteiger partial charge in [0.15, 0.2) is 0 Å². The first-order valence-corrected chi connectivity index (χ1v) is 14.3. The van der Waals surface area contributed by atoms with Crippen LogP contribution in [0.5, 0.6) is 0 Å². The Bertz CT molecular complexity index is 964. The molecule has 35 heavy (non-hydrogen) atoms. The lowest BCUT2D eigenvalue weighted by Crippen LogP contribution is -2.59. The van der Waals surface area contributed by atoms with Gasteiger partial charge < -0.3 is 25.2 Å². The summed E-state index contributed by atoms with van der Waals surface area (Å²) < 4.78 is 6.47.